The molecule has 0 unspecified atom stereocenters. The van der Waals surface area contributed by atoms with Crippen LogP contribution < -0.4 is 0 Å². The van der Waals surface area contributed by atoms with Gasteiger partial charge in [0.05, 0.1) is 20.1 Å². The predicted molar refractivity (Wildman–Crippen MR) is 65.7 cm³/mol. The molecule has 0 atom stereocenters. The van der Waals surface area contributed by atoms with E-state index in [9.17, 15) is 8.42 Å². The molecule has 8 heteroatoms. The third kappa shape index (κ3) is 2.42. The molecule has 0 fully saturated rings. The summed E-state index contributed by atoms with van der Waals surface area (Å²) in [6.45, 7) is 1.76. The van der Waals surface area contributed by atoms with Gasteiger partial charge >= 0.3 is 0 Å². The summed E-state index contributed by atoms with van der Waals surface area (Å²) >= 11 is 23.1. The minimum Gasteiger partial charge on any atom is -0.282 e. The van der Waals surface area contributed by atoms with E-state index in [-0.39, 0.29) is 20.1 Å². The monoisotopic (exact) mass is 322 g/mol. The van der Waals surface area contributed by atoms with E-state index in [4.69, 9.17) is 51.0 Å². The summed E-state index contributed by atoms with van der Waals surface area (Å²) in [5, 5.41) is -0.691. The first-order chi connectivity index (χ1) is 7.21. The summed E-state index contributed by atoms with van der Waals surface area (Å²) in [6.07, 6.45) is 0.433. The Morgan fingerprint density at radius 2 is 1.38 bits per heavy atom. The maximum Gasteiger partial charge on any atom is 0.297 e. The third-order valence-corrected chi connectivity index (χ3v) is 4.86. The van der Waals surface area contributed by atoms with E-state index < -0.39 is 15.0 Å². The average Bonchev–Trinajstić information content (AvgIpc) is 2.14. The first kappa shape index (κ1) is 14.4. The van der Waals surface area contributed by atoms with Gasteiger partial charge in [-0.1, -0.05) is 53.3 Å². The van der Waals surface area contributed by atoms with Gasteiger partial charge in [-0.2, -0.15) is 8.42 Å². The molecule has 0 aromatic heterocycles. The molecule has 0 aliphatic carbocycles. The molecule has 0 bridgehead atoms. The molecule has 1 rings (SSSR count). The van der Waals surface area contributed by atoms with E-state index in [1.807, 2.05) is 0 Å². The van der Waals surface area contributed by atoms with Gasteiger partial charge in [0.2, 0.25) is 0 Å². The third-order valence-electron chi connectivity index (χ3n) is 1.93. The van der Waals surface area contributed by atoms with Crippen LogP contribution in [0.15, 0.2) is 4.90 Å². The zero-order chi connectivity index (χ0) is 12.7. The van der Waals surface area contributed by atoms with Gasteiger partial charge in [-0.15, -0.1) is 0 Å². The highest BCUT2D eigenvalue weighted by Gasteiger charge is 2.26. The van der Waals surface area contributed by atoms with Crippen LogP contribution in [-0.4, -0.2) is 13.0 Å². The van der Waals surface area contributed by atoms with Crippen molar-refractivity contribution in [2.24, 2.45) is 0 Å². The average molecular weight is 324 g/mol. The lowest BCUT2D eigenvalue weighted by Crippen LogP contribution is -2.03. The molecule has 1 aromatic rings. The van der Waals surface area contributed by atoms with Crippen LogP contribution in [0.5, 0.6) is 0 Å². The van der Waals surface area contributed by atoms with Gasteiger partial charge in [-0.3, -0.25) is 4.55 Å². The van der Waals surface area contributed by atoms with Crippen molar-refractivity contribution in [1.82, 2.24) is 0 Å². The number of halogens is 4. The van der Waals surface area contributed by atoms with Crippen LogP contribution >= 0.6 is 46.4 Å². The number of hydrogen-bond donors (Lipinski definition) is 1. The molecule has 0 radical (unpaired) electrons. The number of hydrogen-bond acceptors (Lipinski definition) is 2. The molecule has 0 saturated heterocycles. The first-order valence-electron chi connectivity index (χ1n) is 4.04. The van der Waals surface area contributed by atoms with Crippen molar-refractivity contribution in [1.29, 1.82) is 0 Å². The molecule has 16 heavy (non-hydrogen) atoms. The molecule has 0 saturated carbocycles. The minimum absolute atomic E-state index is 0.0220. The fourth-order valence-electron chi connectivity index (χ4n) is 1.19. The molecule has 90 valence electrons. The second-order valence-corrected chi connectivity index (χ2v) is 5.76. The lowest BCUT2D eigenvalue weighted by Gasteiger charge is -2.12. The largest absolute Gasteiger partial charge is 0.297 e. The quantitative estimate of drug-likeness (QED) is 0.658. The molecular formula is C8H6Cl4O3S. The number of rotatable bonds is 2. The molecular weight excluding hydrogens is 318 g/mol. The summed E-state index contributed by atoms with van der Waals surface area (Å²) in [5.41, 5.74) is 0.436. The Kier molecular flexibility index (Phi) is 4.38. The van der Waals surface area contributed by atoms with Gasteiger partial charge in [-0.05, 0) is 12.0 Å². The first-order valence-corrected chi connectivity index (χ1v) is 6.99. The Morgan fingerprint density at radius 3 is 1.62 bits per heavy atom. The van der Waals surface area contributed by atoms with Crippen molar-refractivity contribution >= 4 is 56.5 Å². The Morgan fingerprint density at radius 1 is 1.00 bits per heavy atom. The van der Waals surface area contributed by atoms with Crippen molar-refractivity contribution in [2.45, 2.75) is 18.2 Å². The van der Waals surface area contributed by atoms with Crippen LogP contribution in [0.2, 0.25) is 20.1 Å². The van der Waals surface area contributed by atoms with E-state index >= 15 is 0 Å². The molecule has 0 aliphatic heterocycles. The zero-order valence-electron chi connectivity index (χ0n) is 7.89. The second kappa shape index (κ2) is 4.88. The fourth-order valence-corrected chi connectivity index (χ4v) is 3.71. The van der Waals surface area contributed by atoms with Gasteiger partial charge in [0, 0.05) is 0 Å². The smallest absolute Gasteiger partial charge is 0.282 e. The van der Waals surface area contributed by atoms with Crippen molar-refractivity contribution in [3.8, 4) is 0 Å². The Hall–Kier alpha value is 0.290. The Labute approximate surface area is 113 Å². The van der Waals surface area contributed by atoms with Gasteiger partial charge in [-0.25, -0.2) is 0 Å². The van der Waals surface area contributed by atoms with Gasteiger partial charge in [0.1, 0.15) is 4.90 Å². The summed E-state index contributed by atoms with van der Waals surface area (Å²) in [4.78, 5) is -0.664. The summed E-state index contributed by atoms with van der Waals surface area (Å²) in [5.74, 6) is 0. The van der Waals surface area contributed by atoms with Crippen LogP contribution in [0.1, 0.15) is 12.5 Å². The van der Waals surface area contributed by atoms with Gasteiger partial charge in [0.15, 0.2) is 0 Å². The number of benzene rings is 1. The minimum atomic E-state index is -4.57. The molecule has 0 aliphatic rings. The Bertz CT molecular complexity index is 510. The lowest BCUT2D eigenvalue weighted by atomic mass is 10.2. The van der Waals surface area contributed by atoms with Crippen LogP contribution in [0.25, 0.3) is 0 Å². The summed E-state index contributed by atoms with van der Waals surface area (Å²) in [6, 6.07) is 0. The fraction of sp³-hybridized carbons (Fsp3) is 0.250. The van der Waals surface area contributed by atoms with Crippen LogP contribution in [0.4, 0.5) is 0 Å². The molecule has 0 spiro atoms. The van der Waals surface area contributed by atoms with E-state index in [1.54, 1.807) is 6.92 Å². The van der Waals surface area contributed by atoms with Crippen LogP contribution in [-0.2, 0) is 16.5 Å². The second-order valence-electron chi connectivity index (χ2n) is 2.89. The van der Waals surface area contributed by atoms with Gasteiger partial charge < -0.3 is 0 Å². The molecule has 3 nitrogen and oxygen atoms in total. The van der Waals surface area contributed by atoms with Crippen molar-refractivity contribution in [3.05, 3.63) is 25.7 Å². The van der Waals surface area contributed by atoms with Gasteiger partial charge in [0.25, 0.3) is 10.1 Å². The Balaban J connectivity index is 3.82. The highest BCUT2D eigenvalue weighted by atomic mass is 35.5. The van der Waals surface area contributed by atoms with E-state index in [2.05, 4.69) is 0 Å². The van der Waals surface area contributed by atoms with Crippen molar-refractivity contribution in [2.75, 3.05) is 0 Å². The standard InChI is InChI=1S/C8H6Cl4O3S/c1-2-3-4(9)6(11)8(16(13,14)15)7(12)5(3)10/h2H2,1H3,(H,13,14,15). The van der Waals surface area contributed by atoms with Crippen molar-refractivity contribution < 1.29 is 13.0 Å². The zero-order valence-corrected chi connectivity index (χ0v) is 11.7. The van der Waals surface area contributed by atoms with E-state index in [0.717, 1.165) is 0 Å². The highest BCUT2D eigenvalue weighted by molar-refractivity contribution is 7.86. The maximum absolute atomic E-state index is 11.0. The predicted octanol–water partition coefficient (Wildman–Crippen LogP) is 4.11. The maximum atomic E-state index is 11.0. The van der Waals surface area contributed by atoms with Crippen LogP contribution in [0.3, 0.4) is 0 Å². The molecule has 1 N–H and O–H groups in total. The highest BCUT2D eigenvalue weighted by Crippen LogP contribution is 2.43. The SMILES string of the molecule is CCc1c(Cl)c(Cl)c(S(=O)(=O)O)c(Cl)c1Cl. The molecule has 0 amide bonds. The normalized spacial score (nSPS) is 11.9. The molecule has 1 aromatic carbocycles. The molecule has 0 heterocycles. The van der Waals surface area contributed by atoms with Crippen LogP contribution in [0, 0.1) is 0 Å². The topological polar surface area (TPSA) is 54.4 Å². The summed E-state index contributed by atoms with van der Waals surface area (Å²) < 4.78 is 31.0. The van der Waals surface area contributed by atoms with E-state index in [1.165, 1.54) is 0 Å². The van der Waals surface area contributed by atoms with Crippen molar-refractivity contribution in [3.63, 3.8) is 0 Å². The lowest BCUT2D eigenvalue weighted by molar-refractivity contribution is 0.483. The van der Waals surface area contributed by atoms with E-state index in [0.29, 0.717) is 12.0 Å². The summed E-state index contributed by atoms with van der Waals surface area (Å²) in [7, 11) is -4.57.